The Morgan fingerprint density at radius 3 is 2.67 bits per heavy atom. The van der Waals surface area contributed by atoms with Gasteiger partial charge in [-0.3, -0.25) is 9.79 Å². The number of aliphatic imine (C=N–C) groups is 1. The van der Waals surface area contributed by atoms with Crippen molar-refractivity contribution in [1.29, 1.82) is 0 Å². The summed E-state index contributed by atoms with van der Waals surface area (Å²) in [5, 5.41) is 16.4. The molecule has 0 amide bonds. The number of guanidine groups is 1. The third kappa shape index (κ3) is 10.6. The number of hydrogen-bond acceptors (Lipinski definition) is 7. The summed E-state index contributed by atoms with van der Waals surface area (Å²) in [4.78, 5) is 33.7. The van der Waals surface area contributed by atoms with Crippen molar-refractivity contribution < 1.29 is 9.90 Å². The molecule has 0 saturated heterocycles. The van der Waals surface area contributed by atoms with E-state index in [2.05, 4.69) is 32.5 Å². The van der Waals surface area contributed by atoms with Crippen LogP contribution in [-0.4, -0.2) is 51.7 Å². The first-order chi connectivity index (χ1) is 18.8. The molecule has 0 aliphatic carbocycles. The van der Waals surface area contributed by atoms with Crippen molar-refractivity contribution in [3.05, 3.63) is 64.2 Å². The summed E-state index contributed by atoms with van der Waals surface area (Å²) in [6.45, 7) is 2.73. The predicted octanol–water partition coefficient (Wildman–Crippen LogP) is 3.50. The van der Waals surface area contributed by atoms with E-state index in [1.165, 1.54) is 6.08 Å². The number of anilines is 1. The number of aromatic nitrogens is 2. The van der Waals surface area contributed by atoms with Crippen molar-refractivity contribution in [3.8, 4) is 0 Å². The smallest absolute Gasteiger partial charge is 0.328 e. The van der Waals surface area contributed by atoms with Crippen LogP contribution in [0.15, 0.2) is 58.1 Å². The number of nitrogens with two attached hydrogens (primary N) is 2. The fourth-order valence-corrected chi connectivity index (χ4v) is 5.31. The molecule has 9 N–H and O–H groups in total. The van der Waals surface area contributed by atoms with Crippen molar-refractivity contribution in [3.63, 3.8) is 0 Å². The van der Waals surface area contributed by atoms with E-state index >= 15 is 0 Å². The largest absolute Gasteiger partial charge is 0.478 e. The SMILES string of the molecule is CCCC[C@H](N)CCC[C@H](CC[C@@H](Nc1ccc[nH]1)/C(=C/C(=O)O)[C@@H]1CCN=C(N)N1)Cc1ccc(=O)[nH]c1. The minimum Gasteiger partial charge on any atom is -0.478 e. The molecule has 1 aliphatic heterocycles. The molecule has 2 aromatic rings. The first kappa shape index (κ1) is 30.0. The van der Waals surface area contributed by atoms with E-state index in [1.807, 2.05) is 24.4 Å². The van der Waals surface area contributed by atoms with Crippen LogP contribution in [0.3, 0.4) is 0 Å². The van der Waals surface area contributed by atoms with Crippen LogP contribution in [0, 0.1) is 5.92 Å². The number of nitrogens with one attached hydrogen (secondary N) is 4. The zero-order chi connectivity index (χ0) is 28.0. The molecule has 3 rings (SSSR count). The van der Waals surface area contributed by atoms with E-state index in [1.54, 1.807) is 12.3 Å². The summed E-state index contributed by atoms with van der Waals surface area (Å²) < 4.78 is 0. The second-order valence-electron chi connectivity index (χ2n) is 10.6. The molecule has 0 spiro atoms. The Hall–Kier alpha value is -3.53. The van der Waals surface area contributed by atoms with Crippen molar-refractivity contribution in [2.75, 3.05) is 11.9 Å². The van der Waals surface area contributed by atoms with Crippen LogP contribution in [0.1, 0.15) is 70.3 Å². The van der Waals surface area contributed by atoms with Gasteiger partial charge in [0.2, 0.25) is 5.56 Å². The van der Waals surface area contributed by atoms with Crippen molar-refractivity contribution in [1.82, 2.24) is 15.3 Å². The predicted molar refractivity (Wildman–Crippen MR) is 157 cm³/mol. The molecule has 1 aliphatic rings. The van der Waals surface area contributed by atoms with Gasteiger partial charge in [-0.1, -0.05) is 38.7 Å². The van der Waals surface area contributed by atoms with Crippen molar-refractivity contribution in [2.45, 2.75) is 89.3 Å². The van der Waals surface area contributed by atoms with Gasteiger partial charge in [0.15, 0.2) is 5.96 Å². The molecule has 214 valence electrons. The lowest BCUT2D eigenvalue weighted by molar-refractivity contribution is -0.131. The quantitative estimate of drug-likeness (QED) is 0.151. The molecule has 2 aromatic heterocycles. The molecule has 0 aromatic carbocycles. The standard InChI is InChI=1S/C29H45N7O3/c1-2-3-7-22(30)8-4-6-20(17-21-11-13-27(37)34-19-21)10-12-24(35-26-9-5-15-32-26)23(18-28(38)39)25-14-16-33-29(31)36-25/h5,9,11,13,15,18-20,22,24-25,32,35H,2-4,6-8,10,12,14,16-17,30H2,1H3,(H,34,37)(H,38,39)(H3,31,33,36)/b23-18-/t20-,22+,24-,25+/m1/s1. The van der Waals surface area contributed by atoms with Gasteiger partial charge < -0.3 is 37.2 Å². The van der Waals surface area contributed by atoms with E-state index in [4.69, 9.17) is 11.5 Å². The van der Waals surface area contributed by atoms with Crippen LogP contribution < -0.4 is 27.7 Å². The van der Waals surface area contributed by atoms with E-state index in [0.29, 0.717) is 24.8 Å². The summed E-state index contributed by atoms with van der Waals surface area (Å²) >= 11 is 0. The molecular formula is C29H45N7O3. The minimum atomic E-state index is -0.989. The maximum Gasteiger partial charge on any atom is 0.328 e. The first-order valence-electron chi connectivity index (χ1n) is 14.2. The summed E-state index contributed by atoms with van der Waals surface area (Å²) in [5.74, 6) is 0.514. The normalized spacial score (nSPS) is 18.1. The van der Waals surface area contributed by atoms with E-state index in [-0.39, 0.29) is 23.7 Å². The minimum absolute atomic E-state index is 0.112. The van der Waals surface area contributed by atoms with Crippen molar-refractivity contribution >= 4 is 17.7 Å². The van der Waals surface area contributed by atoms with Crippen LogP contribution >= 0.6 is 0 Å². The lowest BCUT2D eigenvalue weighted by Crippen LogP contribution is -2.48. The molecule has 4 atom stereocenters. The number of carboxylic acids is 1. The average molecular weight is 540 g/mol. The molecule has 0 bridgehead atoms. The summed E-state index contributed by atoms with van der Waals surface area (Å²) in [7, 11) is 0. The van der Waals surface area contributed by atoms with Gasteiger partial charge in [0.25, 0.3) is 0 Å². The van der Waals surface area contributed by atoms with E-state index < -0.39 is 5.97 Å². The molecule has 3 heterocycles. The van der Waals surface area contributed by atoms with Crippen LogP contribution in [0.2, 0.25) is 0 Å². The van der Waals surface area contributed by atoms with E-state index in [0.717, 1.165) is 74.7 Å². The highest BCUT2D eigenvalue weighted by Gasteiger charge is 2.27. The fraction of sp³-hybridized carbons (Fsp3) is 0.552. The van der Waals surface area contributed by atoms with Crippen LogP contribution in [0.5, 0.6) is 0 Å². The Morgan fingerprint density at radius 2 is 2.00 bits per heavy atom. The maximum absolute atomic E-state index is 11.9. The van der Waals surface area contributed by atoms with Crippen LogP contribution in [-0.2, 0) is 11.2 Å². The van der Waals surface area contributed by atoms with Gasteiger partial charge in [-0.05, 0) is 67.7 Å². The Balaban J connectivity index is 1.77. The van der Waals surface area contributed by atoms with Gasteiger partial charge in [0.1, 0.15) is 5.82 Å². The van der Waals surface area contributed by atoms with Crippen LogP contribution in [0.4, 0.5) is 5.82 Å². The number of rotatable bonds is 17. The number of pyridine rings is 1. The van der Waals surface area contributed by atoms with Gasteiger partial charge in [0.05, 0.1) is 12.1 Å². The zero-order valence-electron chi connectivity index (χ0n) is 23.0. The van der Waals surface area contributed by atoms with Gasteiger partial charge in [-0.2, -0.15) is 0 Å². The number of carbonyl (C=O) groups is 1. The number of nitrogens with zero attached hydrogens (tertiary/aromatic N) is 1. The number of aromatic amines is 2. The monoisotopic (exact) mass is 539 g/mol. The second kappa shape index (κ2) is 15.8. The van der Waals surface area contributed by atoms with Gasteiger partial charge in [-0.15, -0.1) is 0 Å². The Bertz CT molecular complexity index is 1110. The third-order valence-electron chi connectivity index (χ3n) is 7.40. The zero-order valence-corrected chi connectivity index (χ0v) is 23.0. The molecule has 39 heavy (non-hydrogen) atoms. The summed E-state index contributed by atoms with van der Waals surface area (Å²) in [5.41, 5.74) is 14.0. The molecule has 0 saturated carbocycles. The first-order valence-corrected chi connectivity index (χ1v) is 14.2. The number of H-pyrrole nitrogens is 2. The molecule has 10 nitrogen and oxygen atoms in total. The third-order valence-corrected chi connectivity index (χ3v) is 7.40. The molecular weight excluding hydrogens is 494 g/mol. The number of hydrogen-bond donors (Lipinski definition) is 7. The Morgan fingerprint density at radius 1 is 1.18 bits per heavy atom. The van der Waals surface area contributed by atoms with Gasteiger partial charge in [-0.25, -0.2) is 4.79 Å². The highest BCUT2D eigenvalue weighted by atomic mass is 16.4. The second-order valence-corrected chi connectivity index (χ2v) is 10.6. The van der Waals surface area contributed by atoms with Gasteiger partial charge in [0, 0.05) is 37.1 Å². The highest BCUT2D eigenvalue weighted by molar-refractivity contribution is 5.83. The molecule has 0 radical (unpaired) electrons. The summed E-state index contributed by atoms with van der Waals surface area (Å²) in [6, 6.07) is 7.06. The molecule has 0 fully saturated rings. The topological polar surface area (TPSA) is 174 Å². The van der Waals surface area contributed by atoms with E-state index in [9.17, 15) is 14.7 Å². The Labute approximate surface area is 230 Å². The van der Waals surface area contributed by atoms with Crippen molar-refractivity contribution in [2.24, 2.45) is 22.4 Å². The summed E-state index contributed by atoms with van der Waals surface area (Å²) in [6.07, 6.45) is 14.4. The lowest BCUT2D eigenvalue weighted by atomic mass is 9.85. The molecule has 0 unspecified atom stereocenters. The number of carboxylic acid groups (broad SMARTS) is 1. The lowest BCUT2D eigenvalue weighted by Gasteiger charge is -2.32. The highest BCUT2D eigenvalue weighted by Crippen LogP contribution is 2.27. The average Bonchev–Trinajstić information content (AvgIpc) is 3.42. The Kier molecular flexibility index (Phi) is 12.1. The number of aliphatic carboxylic acids is 1. The molecule has 10 heteroatoms. The fourth-order valence-electron chi connectivity index (χ4n) is 5.31. The van der Waals surface area contributed by atoms with Gasteiger partial charge >= 0.3 is 5.97 Å². The van der Waals surface area contributed by atoms with Crippen LogP contribution in [0.25, 0.3) is 0 Å². The maximum atomic E-state index is 11.9. The number of unbranched alkanes of at least 4 members (excludes halogenated alkanes) is 1.